The van der Waals surface area contributed by atoms with Crippen molar-refractivity contribution in [1.82, 2.24) is 9.97 Å². The van der Waals surface area contributed by atoms with Crippen molar-refractivity contribution in [2.75, 3.05) is 18.0 Å². The maximum absolute atomic E-state index is 9.50. The fourth-order valence-electron chi connectivity index (χ4n) is 1.39. The lowest BCUT2D eigenvalue weighted by Gasteiger charge is -2.43. The molecule has 0 radical (unpaired) electrons. The molecule has 13 heavy (non-hydrogen) atoms. The fourth-order valence-corrected chi connectivity index (χ4v) is 1.66. The summed E-state index contributed by atoms with van der Waals surface area (Å²) in [5, 5.41) is 9.50. The lowest BCUT2D eigenvalue weighted by atomic mass is 9.98. The van der Waals surface area contributed by atoms with Crippen molar-refractivity contribution >= 4 is 28.5 Å². The van der Waals surface area contributed by atoms with E-state index in [0.29, 0.717) is 19.0 Å². The molecule has 4 nitrogen and oxygen atoms in total. The van der Waals surface area contributed by atoms with Crippen molar-refractivity contribution in [2.24, 2.45) is 0 Å². The quantitative estimate of drug-likeness (QED) is 0.772. The largest absolute Gasteiger partial charge is 0.386 e. The minimum Gasteiger partial charge on any atom is -0.386 e. The molecule has 0 unspecified atom stereocenters. The van der Waals surface area contributed by atoms with Gasteiger partial charge in [-0.1, -0.05) is 0 Å². The average Bonchev–Trinajstić information content (AvgIpc) is 2.01. The Morgan fingerprint density at radius 3 is 2.46 bits per heavy atom. The molecule has 0 atom stereocenters. The Morgan fingerprint density at radius 2 is 2.00 bits per heavy atom. The number of nitrogens with zero attached hydrogens (tertiary/aromatic N) is 3. The summed E-state index contributed by atoms with van der Waals surface area (Å²) in [6.45, 7) is 3.05. The van der Waals surface area contributed by atoms with Gasteiger partial charge < -0.3 is 10.0 Å². The maximum atomic E-state index is 9.50. The monoisotopic (exact) mass is 291 g/mol. The van der Waals surface area contributed by atoms with Crippen LogP contribution in [0.3, 0.4) is 0 Å². The van der Waals surface area contributed by atoms with Crippen LogP contribution >= 0.6 is 22.6 Å². The van der Waals surface area contributed by atoms with Crippen molar-refractivity contribution in [3.8, 4) is 0 Å². The van der Waals surface area contributed by atoms with Gasteiger partial charge in [0.05, 0.1) is 18.7 Å². The summed E-state index contributed by atoms with van der Waals surface area (Å²) >= 11 is 2.16. The second-order valence-corrected chi connectivity index (χ2v) is 4.80. The molecule has 2 heterocycles. The van der Waals surface area contributed by atoms with Gasteiger partial charge in [0.15, 0.2) is 0 Å². The summed E-state index contributed by atoms with van der Waals surface area (Å²) in [6, 6.07) is 0. The molecule has 0 saturated carbocycles. The van der Waals surface area contributed by atoms with E-state index in [0.717, 1.165) is 3.57 Å². The first-order valence-electron chi connectivity index (χ1n) is 4.02. The van der Waals surface area contributed by atoms with E-state index in [1.54, 1.807) is 12.4 Å². The summed E-state index contributed by atoms with van der Waals surface area (Å²) in [5.74, 6) is 0.701. The molecule has 1 aromatic rings. The third-order valence-electron chi connectivity index (χ3n) is 1.95. The van der Waals surface area contributed by atoms with Crippen LogP contribution < -0.4 is 4.90 Å². The molecule has 0 aromatic carbocycles. The molecule has 0 amide bonds. The molecule has 5 heteroatoms. The van der Waals surface area contributed by atoms with Crippen molar-refractivity contribution in [2.45, 2.75) is 12.5 Å². The first-order valence-corrected chi connectivity index (χ1v) is 5.10. The Bertz CT molecular complexity index is 304. The van der Waals surface area contributed by atoms with Crippen LogP contribution in [0.25, 0.3) is 0 Å². The smallest absolute Gasteiger partial charge is 0.225 e. The Labute approximate surface area is 90.1 Å². The number of β-amino-alcohol motifs (C(OH)–C–C–N with tert-alkyl or cyclic N) is 1. The first-order chi connectivity index (χ1) is 6.07. The van der Waals surface area contributed by atoms with Crippen LogP contribution in [0.2, 0.25) is 0 Å². The van der Waals surface area contributed by atoms with Crippen molar-refractivity contribution < 1.29 is 5.11 Å². The highest BCUT2D eigenvalue weighted by Crippen LogP contribution is 2.23. The van der Waals surface area contributed by atoms with Crippen LogP contribution in [-0.2, 0) is 0 Å². The zero-order valence-corrected chi connectivity index (χ0v) is 9.39. The van der Waals surface area contributed by atoms with Gasteiger partial charge in [-0.05, 0) is 29.5 Å². The van der Waals surface area contributed by atoms with E-state index in [4.69, 9.17) is 0 Å². The SMILES string of the molecule is CC1(O)CN(c2ncc(I)cn2)C1. The van der Waals surface area contributed by atoms with Gasteiger partial charge in [0.25, 0.3) is 0 Å². The third kappa shape index (κ3) is 1.91. The van der Waals surface area contributed by atoms with Crippen LogP contribution in [0.1, 0.15) is 6.92 Å². The molecule has 0 spiro atoms. The molecule has 0 bridgehead atoms. The highest BCUT2D eigenvalue weighted by Gasteiger charge is 2.37. The van der Waals surface area contributed by atoms with Gasteiger partial charge in [-0.15, -0.1) is 0 Å². The van der Waals surface area contributed by atoms with E-state index < -0.39 is 5.60 Å². The van der Waals surface area contributed by atoms with Crippen LogP contribution in [-0.4, -0.2) is 33.8 Å². The second kappa shape index (κ2) is 3.06. The second-order valence-electron chi connectivity index (χ2n) is 3.55. The normalized spacial score (nSPS) is 19.8. The molecule has 1 N–H and O–H groups in total. The van der Waals surface area contributed by atoms with Gasteiger partial charge in [-0.3, -0.25) is 0 Å². The molecule has 1 aromatic heterocycles. The van der Waals surface area contributed by atoms with Gasteiger partial charge in [0.1, 0.15) is 0 Å². The topological polar surface area (TPSA) is 49.2 Å². The predicted molar refractivity (Wildman–Crippen MR) is 57.6 cm³/mol. The molecule has 70 valence electrons. The zero-order valence-electron chi connectivity index (χ0n) is 7.24. The Morgan fingerprint density at radius 1 is 1.46 bits per heavy atom. The number of rotatable bonds is 1. The predicted octanol–water partition coefficient (Wildman–Crippen LogP) is 0.652. The molecule has 2 rings (SSSR count). The van der Waals surface area contributed by atoms with Gasteiger partial charge in [-0.25, -0.2) is 9.97 Å². The minimum atomic E-state index is -0.563. The summed E-state index contributed by atoms with van der Waals surface area (Å²) in [4.78, 5) is 10.3. The molecule has 1 saturated heterocycles. The summed E-state index contributed by atoms with van der Waals surface area (Å²) in [5.41, 5.74) is -0.563. The zero-order chi connectivity index (χ0) is 9.47. The Hall–Kier alpha value is -0.430. The minimum absolute atomic E-state index is 0.563. The molecule has 1 aliphatic heterocycles. The van der Waals surface area contributed by atoms with E-state index in [2.05, 4.69) is 32.6 Å². The maximum Gasteiger partial charge on any atom is 0.225 e. The highest BCUT2D eigenvalue weighted by molar-refractivity contribution is 14.1. The van der Waals surface area contributed by atoms with Crippen LogP contribution in [0.5, 0.6) is 0 Å². The van der Waals surface area contributed by atoms with E-state index in [1.807, 2.05) is 11.8 Å². The lowest BCUT2D eigenvalue weighted by molar-refractivity contribution is 0.0300. The molecule has 0 aliphatic carbocycles. The van der Waals surface area contributed by atoms with Crippen LogP contribution in [0.15, 0.2) is 12.4 Å². The van der Waals surface area contributed by atoms with E-state index >= 15 is 0 Å². The van der Waals surface area contributed by atoms with Crippen LogP contribution in [0.4, 0.5) is 5.95 Å². The number of halogens is 1. The number of aromatic nitrogens is 2. The summed E-state index contributed by atoms with van der Waals surface area (Å²) in [7, 11) is 0. The van der Waals surface area contributed by atoms with E-state index in [-0.39, 0.29) is 0 Å². The Balaban J connectivity index is 2.08. The molecular weight excluding hydrogens is 281 g/mol. The van der Waals surface area contributed by atoms with Gasteiger partial charge in [0.2, 0.25) is 5.95 Å². The van der Waals surface area contributed by atoms with E-state index in [9.17, 15) is 5.11 Å². The van der Waals surface area contributed by atoms with Gasteiger partial charge in [0, 0.05) is 16.0 Å². The standard InChI is InChI=1S/C8H10IN3O/c1-8(13)4-12(5-8)7-10-2-6(9)3-11-7/h2-3,13H,4-5H2,1H3. The van der Waals surface area contributed by atoms with E-state index in [1.165, 1.54) is 0 Å². The molecular formula is C8H10IN3O. The fraction of sp³-hybridized carbons (Fsp3) is 0.500. The van der Waals surface area contributed by atoms with Crippen LogP contribution in [0, 0.1) is 3.57 Å². The Kier molecular flexibility index (Phi) is 2.15. The summed E-state index contributed by atoms with van der Waals surface area (Å²) < 4.78 is 1.02. The highest BCUT2D eigenvalue weighted by atomic mass is 127. The molecule has 1 aliphatic rings. The first kappa shape index (κ1) is 9.14. The number of hydrogen-bond donors (Lipinski definition) is 1. The van der Waals surface area contributed by atoms with Crippen molar-refractivity contribution in [1.29, 1.82) is 0 Å². The number of aliphatic hydroxyl groups is 1. The van der Waals surface area contributed by atoms with Crippen molar-refractivity contribution in [3.05, 3.63) is 16.0 Å². The van der Waals surface area contributed by atoms with Crippen molar-refractivity contribution in [3.63, 3.8) is 0 Å². The third-order valence-corrected chi connectivity index (χ3v) is 2.51. The molecule has 1 fully saturated rings. The van der Waals surface area contributed by atoms with Gasteiger partial charge >= 0.3 is 0 Å². The number of hydrogen-bond acceptors (Lipinski definition) is 4. The summed E-state index contributed by atoms with van der Waals surface area (Å²) in [6.07, 6.45) is 3.55. The van der Waals surface area contributed by atoms with Gasteiger partial charge in [-0.2, -0.15) is 0 Å². The number of anilines is 1. The average molecular weight is 291 g/mol. The lowest BCUT2D eigenvalue weighted by Crippen LogP contribution is -2.60.